The Morgan fingerprint density at radius 1 is 1.37 bits per heavy atom. The van der Waals surface area contributed by atoms with Crippen LogP contribution in [0.5, 0.6) is 5.88 Å². The maximum absolute atomic E-state index is 12.3. The first kappa shape index (κ1) is 12.9. The number of aromatic nitrogens is 2. The fraction of sp³-hybridized carbons (Fsp3) is 0.200. The van der Waals surface area contributed by atoms with E-state index in [1.165, 1.54) is 4.57 Å². The van der Waals surface area contributed by atoms with E-state index in [-0.39, 0.29) is 23.5 Å². The third kappa shape index (κ3) is 2.36. The average Bonchev–Trinajstić information content (AvgIpc) is 2.43. The summed E-state index contributed by atoms with van der Waals surface area (Å²) in [7, 11) is 0. The summed E-state index contributed by atoms with van der Waals surface area (Å²) in [6.45, 7) is 1.92. The summed E-state index contributed by atoms with van der Waals surface area (Å²) in [5, 5.41) is 9.85. The lowest BCUT2D eigenvalue weighted by molar-refractivity contribution is 0.440. The Bertz CT molecular complexity index is 682. The van der Waals surface area contributed by atoms with Crippen LogP contribution in [-0.4, -0.2) is 14.7 Å². The lowest BCUT2D eigenvalue weighted by Crippen LogP contribution is -2.26. The second kappa shape index (κ2) is 5.40. The van der Waals surface area contributed by atoms with Crippen LogP contribution < -0.4 is 5.56 Å². The highest BCUT2D eigenvalue weighted by Gasteiger charge is 2.15. The predicted molar refractivity (Wildman–Crippen MR) is 73.8 cm³/mol. The van der Waals surface area contributed by atoms with Gasteiger partial charge in [0.2, 0.25) is 5.88 Å². The highest BCUT2D eigenvalue weighted by atomic mass is 16.3. The van der Waals surface area contributed by atoms with E-state index >= 15 is 0 Å². The van der Waals surface area contributed by atoms with E-state index in [1.54, 1.807) is 6.92 Å². The van der Waals surface area contributed by atoms with Gasteiger partial charge in [0, 0.05) is 5.56 Å². The fourth-order valence-electron chi connectivity index (χ4n) is 1.94. The summed E-state index contributed by atoms with van der Waals surface area (Å²) in [6.07, 6.45) is 5.72. The van der Waals surface area contributed by atoms with Gasteiger partial charge in [-0.2, -0.15) is 4.98 Å². The zero-order valence-corrected chi connectivity index (χ0v) is 10.6. The Labute approximate surface area is 111 Å². The molecule has 4 nitrogen and oxygen atoms in total. The van der Waals surface area contributed by atoms with Crippen molar-refractivity contribution in [3.8, 4) is 29.6 Å². The highest BCUT2D eigenvalue weighted by molar-refractivity contribution is 5.56. The van der Waals surface area contributed by atoms with Crippen LogP contribution in [0.25, 0.3) is 11.4 Å². The zero-order chi connectivity index (χ0) is 13.8. The van der Waals surface area contributed by atoms with E-state index in [0.29, 0.717) is 12.2 Å². The van der Waals surface area contributed by atoms with Gasteiger partial charge in [-0.15, -0.1) is 6.42 Å². The Morgan fingerprint density at radius 3 is 2.63 bits per heavy atom. The Kier molecular flexibility index (Phi) is 3.67. The van der Waals surface area contributed by atoms with Crippen LogP contribution >= 0.6 is 0 Å². The lowest BCUT2D eigenvalue weighted by Gasteiger charge is -2.12. The summed E-state index contributed by atoms with van der Waals surface area (Å²) in [5.41, 5.74) is 0.745. The van der Waals surface area contributed by atoms with Crippen molar-refractivity contribution in [2.24, 2.45) is 0 Å². The number of nitrogens with zero attached hydrogens (tertiary/aromatic N) is 2. The van der Waals surface area contributed by atoms with Crippen LogP contribution in [0.1, 0.15) is 12.5 Å². The van der Waals surface area contributed by atoms with Gasteiger partial charge in [0.1, 0.15) is 5.82 Å². The second-order valence-corrected chi connectivity index (χ2v) is 4.05. The quantitative estimate of drug-likeness (QED) is 0.850. The molecule has 1 heterocycles. The van der Waals surface area contributed by atoms with Crippen LogP contribution in [0, 0.1) is 12.3 Å². The van der Waals surface area contributed by atoms with Crippen molar-refractivity contribution in [3.63, 3.8) is 0 Å². The first-order valence-corrected chi connectivity index (χ1v) is 6.00. The number of hydrogen-bond acceptors (Lipinski definition) is 3. The van der Waals surface area contributed by atoms with Crippen LogP contribution in [0.2, 0.25) is 0 Å². The van der Waals surface area contributed by atoms with Gasteiger partial charge < -0.3 is 5.11 Å². The van der Waals surface area contributed by atoms with Gasteiger partial charge in [0.25, 0.3) is 5.56 Å². The largest absolute Gasteiger partial charge is 0.493 e. The summed E-state index contributed by atoms with van der Waals surface area (Å²) >= 11 is 0. The molecule has 0 atom stereocenters. The molecule has 0 spiro atoms. The van der Waals surface area contributed by atoms with Gasteiger partial charge in [0.15, 0.2) is 0 Å². The van der Waals surface area contributed by atoms with E-state index in [9.17, 15) is 9.90 Å². The molecule has 96 valence electrons. The Balaban J connectivity index is 2.75. The molecule has 4 heteroatoms. The molecule has 19 heavy (non-hydrogen) atoms. The van der Waals surface area contributed by atoms with E-state index in [0.717, 1.165) is 5.56 Å². The van der Waals surface area contributed by atoms with Crippen molar-refractivity contribution in [2.45, 2.75) is 19.9 Å². The standard InChI is InChI=1S/C15H14N2O2/c1-3-10-17-13(11-8-6-5-7-9-11)16-14(18)12(4-2)15(17)19/h1,5-9,18H,4,10H2,2H3. The molecule has 0 radical (unpaired) electrons. The molecule has 0 saturated carbocycles. The average molecular weight is 254 g/mol. The third-order valence-electron chi connectivity index (χ3n) is 2.88. The molecule has 2 rings (SSSR count). The molecule has 1 N–H and O–H groups in total. The molecular weight excluding hydrogens is 240 g/mol. The van der Waals surface area contributed by atoms with Crippen LogP contribution in [0.4, 0.5) is 0 Å². The molecule has 0 saturated heterocycles. The van der Waals surface area contributed by atoms with E-state index in [1.807, 2.05) is 30.3 Å². The molecule has 0 bridgehead atoms. The summed E-state index contributed by atoms with van der Waals surface area (Å²) in [5.74, 6) is 2.61. The van der Waals surface area contributed by atoms with Gasteiger partial charge in [-0.3, -0.25) is 9.36 Å². The van der Waals surface area contributed by atoms with Gasteiger partial charge in [-0.1, -0.05) is 43.2 Å². The predicted octanol–water partition coefficient (Wildman–Crippen LogP) is 1.81. The number of rotatable bonds is 3. The van der Waals surface area contributed by atoms with E-state index < -0.39 is 0 Å². The van der Waals surface area contributed by atoms with Crippen molar-refractivity contribution in [1.29, 1.82) is 0 Å². The number of aromatic hydroxyl groups is 1. The topological polar surface area (TPSA) is 55.1 Å². The molecule has 0 aliphatic heterocycles. The smallest absolute Gasteiger partial charge is 0.261 e. The minimum absolute atomic E-state index is 0.128. The number of hydrogen-bond donors (Lipinski definition) is 1. The van der Waals surface area contributed by atoms with Crippen molar-refractivity contribution in [2.75, 3.05) is 0 Å². The molecule has 1 aromatic heterocycles. The van der Waals surface area contributed by atoms with Crippen molar-refractivity contribution < 1.29 is 5.11 Å². The lowest BCUT2D eigenvalue weighted by atomic mass is 10.2. The minimum Gasteiger partial charge on any atom is -0.493 e. The number of terminal acetylenes is 1. The van der Waals surface area contributed by atoms with Gasteiger partial charge in [0.05, 0.1) is 12.1 Å². The molecule has 0 aliphatic carbocycles. The Hall–Kier alpha value is -2.54. The molecule has 2 aromatic rings. The first-order chi connectivity index (χ1) is 9.19. The summed E-state index contributed by atoms with van der Waals surface area (Å²) < 4.78 is 1.41. The van der Waals surface area contributed by atoms with Gasteiger partial charge in [-0.05, 0) is 6.42 Å². The highest BCUT2D eigenvalue weighted by Crippen LogP contribution is 2.20. The maximum Gasteiger partial charge on any atom is 0.261 e. The molecule has 0 aliphatic rings. The normalized spacial score (nSPS) is 10.1. The SMILES string of the molecule is C#CCn1c(-c2ccccc2)nc(O)c(CC)c1=O. The van der Waals surface area contributed by atoms with Crippen molar-refractivity contribution in [3.05, 3.63) is 46.2 Å². The molecule has 1 aromatic carbocycles. The van der Waals surface area contributed by atoms with Gasteiger partial charge in [-0.25, -0.2) is 0 Å². The second-order valence-electron chi connectivity index (χ2n) is 4.05. The van der Waals surface area contributed by atoms with Gasteiger partial charge >= 0.3 is 0 Å². The molecule has 0 unspecified atom stereocenters. The Morgan fingerprint density at radius 2 is 2.05 bits per heavy atom. The van der Waals surface area contributed by atoms with Crippen LogP contribution in [-0.2, 0) is 13.0 Å². The first-order valence-electron chi connectivity index (χ1n) is 6.00. The van der Waals surface area contributed by atoms with E-state index in [4.69, 9.17) is 6.42 Å². The molecule has 0 fully saturated rings. The summed E-state index contributed by atoms with van der Waals surface area (Å²) in [4.78, 5) is 16.4. The monoisotopic (exact) mass is 254 g/mol. The zero-order valence-electron chi connectivity index (χ0n) is 10.6. The maximum atomic E-state index is 12.3. The molecular formula is C15H14N2O2. The minimum atomic E-state index is -0.285. The summed E-state index contributed by atoms with van der Waals surface area (Å²) in [6, 6.07) is 9.19. The third-order valence-corrected chi connectivity index (χ3v) is 2.88. The van der Waals surface area contributed by atoms with E-state index in [2.05, 4.69) is 10.9 Å². The van der Waals surface area contributed by atoms with Crippen LogP contribution in [0.15, 0.2) is 35.1 Å². The molecule has 0 amide bonds. The number of benzene rings is 1. The van der Waals surface area contributed by atoms with Crippen molar-refractivity contribution in [1.82, 2.24) is 9.55 Å². The van der Waals surface area contributed by atoms with Crippen LogP contribution in [0.3, 0.4) is 0 Å². The fourth-order valence-corrected chi connectivity index (χ4v) is 1.94. The van der Waals surface area contributed by atoms with Crippen molar-refractivity contribution >= 4 is 0 Å².